The van der Waals surface area contributed by atoms with Crippen LogP contribution in [0.3, 0.4) is 0 Å². The number of carbonyl (C=O) groups excluding carboxylic acids is 4. The summed E-state index contributed by atoms with van der Waals surface area (Å²) in [5.74, 6) is -0.570. The van der Waals surface area contributed by atoms with Crippen LogP contribution in [0.5, 0.6) is 0 Å². The Hall–Kier alpha value is -1.94. The Bertz CT molecular complexity index is 1750. The quantitative estimate of drug-likeness (QED) is 0.0222. The minimum absolute atomic E-state index is 0.106. The second kappa shape index (κ2) is 63.1. The second-order valence-corrected chi connectivity index (χ2v) is 29.5. The van der Waals surface area contributed by atoms with E-state index in [1.54, 1.807) is 0 Å². The topological polar surface area (TPSA) is 237 Å². The van der Waals surface area contributed by atoms with Gasteiger partial charge in [0.2, 0.25) is 0 Å². The maximum atomic E-state index is 13.0. The number of aliphatic hydroxyl groups is 1. The lowest BCUT2D eigenvalue weighted by Gasteiger charge is -2.21. The molecule has 0 spiro atoms. The minimum Gasteiger partial charge on any atom is -0.462 e. The van der Waals surface area contributed by atoms with Crippen LogP contribution in [0.2, 0.25) is 0 Å². The lowest BCUT2D eigenvalue weighted by molar-refractivity contribution is -0.161. The monoisotopic (exact) mass is 1320 g/mol. The summed E-state index contributed by atoms with van der Waals surface area (Å²) in [6.45, 7) is 9.48. The van der Waals surface area contributed by atoms with Crippen molar-refractivity contribution in [3.8, 4) is 0 Å². The van der Waals surface area contributed by atoms with E-state index >= 15 is 0 Å². The van der Waals surface area contributed by atoms with Gasteiger partial charge in [-0.2, -0.15) is 0 Å². The number of rotatable bonds is 70. The lowest BCUT2D eigenvalue weighted by atomic mass is 10.0. The largest absolute Gasteiger partial charge is 0.472 e. The molecule has 0 heterocycles. The zero-order chi connectivity index (χ0) is 66.5. The van der Waals surface area contributed by atoms with Crippen molar-refractivity contribution >= 4 is 39.5 Å². The number of hydrogen-bond donors (Lipinski definition) is 3. The fraction of sp³-hybridized carbons (Fsp3) is 0.944. The highest BCUT2D eigenvalue weighted by Gasteiger charge is 2.30. The Morgan fingerprint density at radius 2 is 0.511 bits per heavy atom. The van der Waals surface area contributed by atoms with E-state index in [4.69, 9.17) is 37.0 Å². The van der Waals surface area contributed by atoms with Crippen molar-refractivity contribution in [2.45, 2.75) is 381 Å². The molecule has 0 saturated carbocycles. The van der Waals surface area contributed by atoms with Crippen LogP contribution in [0.1, 0.15) is 363 Å². The Morgan fingerprint density at radius 1 is 0.300 bits per heavy atom. The van der Waals surface area contributed by atoms with Crippen molar-refractivity contribution in [3.63, 3.8) is 0 Å². The zero-order valence-electron chi connectivity index (χ0n) is 58.4. The maximum absolute atomic E-state index is 13.0. The van der Waals surface area contributed by atoms with Crippen molar-refractivity contribution in [2.24, 2.45) is 11.8 Å². The summed E-state index contributed by atoms with van der Waals surface area (Å²) in [7, 11) is -9.89. The number of ether oxygens (including phenoxy) is 4. The third-order valence-corrected chi connectivity index (χ3v) is 18.4. The van der Waals surface area contributed by atoms with Crippen molar-refractivity contribution in [2.75, 3.05) is 39.6 Å². The number of unbranched alkanes of at least 4 members (excludes halogenated alkanes) is 40. The van der Waals surface area contributed by atoms with Gasteiger partial charge >= 0.3 is 39.5 Å². The first kappa shape index (κ1) is 88.1. The van der Waals surface area contributed by atoms with E-state index in [0.717, 1.165) is 108 Å². The fourth-order valence-electron chi connectivity index (χ4n) is 10.8. The Labute approximate surface area is 549 Å². The highest BCUT2D eigenvalue weighted by atomic mass is 31.2. The first-order chi connectivity index (χ1) is 43.4. The molecule has 534 valence electrons. The summed E-state index contributed by atoms with van der Waals surface area (Å²) < 4.78 is 68.1. The third-order valence-electron chi connectivity index (χ3n) is 16.5. The number of hydrogen-bond acceptors (Lipinski definition) is 15. The summed E-state index contributed by atoms with van der Waals surface area (Å²) in [5, 5.41) is 10.6. The molecule has 0 aliphatic carbocycles. The highest BCUT2D eigenvalue weighted by Crippen LogP contribution is 2.45. The van der Waals surface area contributed by atoms with Crippen molar-refractivity contribution in [1.82, 2.24) is 0 Å². The summed E-state index contributed by atoms with van der Waals surface area (Å²) in [6.07, 6.45) is 49.0. The van der Waals surface area contributed by atoms with E-state index in [1.807, 2.05) is 0 Å². The van der Waals surface area contributed by atoms with Gasteiger partial charge in [0.05, 0.1) is 26.4 Å². The van der Waals surface area contributed by atoms with Crippen LogP contribution >= 0.6 is 15.6 Å². The molecule has 0 aliphatic rings. The van der Waals surface area contributed by atoms with Gasteiger partial charge in [-0.25, -0.2) is 9.13 Å². The van der Waals surface area contributed by atoms with Crippen LogP contribution < -0.4 is 0 Å². The average molecular weight is 1330 g/mol. The molecule has 2 unspecified atom stereocenters. The number of carbonyl (C=O) groups is 4. The molecule has 5 atom stereocenters. The first-order valence-electron chi connectivity index (χ1n) is 37.0. The van der Waals surface area contributed by atoms with Crippen LogP contribution in [0.25, 0.3) is 0 Å². The van der Waals surface area contributed by atoms with Gasteiger partial charge in [0.15, 0.2) is 12.2 Å². The molecule has 0 saturated heterocycles. The zero-order valence-corrected chi connectivity index (χ0v) is 60.2. The molecule has 3 N–H and O–H groups in total. The molecule has 90 heavy (non-hydrogen) atoms. The van der Waals surface area contributed by atoms with E-state index in [2.05, 4.69) is 41.5 Å². The molecular weight excluding hydrogens is 1190 g/mol. The second-order valence-electron chi connectivity index (χ2n) is 26.6. The molecule has 19 heteroatoms. The SMILES string of the molecule is CCCCCCCCCCCCCCC(=O)O[C@H](COC(=O)CCCCCCC)COP(=O)(O)OC[C@H](O)COP(=O)(O)OC[C@@H](COC(=O)CCCCCCCCCCCC(C)C)OC(=O)CCCCCCCCCCCCCCCCCCCCC(C)C. The number of phosphoric acid groups is 2. The summed E-state index contributed by atoms with van der Waals surface area (Å²) >= 11 is 0. The van der Waals surface area contributed by atoms with Gasteiger partial charge < -0.3 is 33.8 Å². The summed E-state index contributed by atoms with van der Waals surface area (Å²) in [4.78, 5) is 72.3. The molecule has 0 radical (unpaired) electrons. The molecule has 17 nitrogen and oxygen atoms in total. The Balaban J connectivity index is 5.10. The standard InChI is InChI=1S/C71H138O17P2/c1-7-9-11-13-14-15-16-26-31-37-43-49-55-70(75)87-66(59-81-68(73)53-47-39-12-10-8-2)61-85-89(77,78)83-57-65(72)58-84-90(79,80)86-62-67(60-82-69(74)54-48-42-36-33-28-30-35-41-46-52-64(5)6)88-71(76)56-50-44-38-32-27-24-22-20-18-17-19-21-23-25-29-34-40-45-51-63(3)4/h63-67,72H,7-62H2,1-6H3,(H,77,78)(H,79,80)/t65-,66+,67+/m0/s1. The number of aliphatic hydroxyl groups excluding tert-OH is 1. The molecule has 0 fully saturated rings. The predicted molar refractivity (Wildman–Crippen MR) is 363 cm³/mol. The Kier molecular flexibility index (Phi) is 61.8. The van der Waals surface area contributed by atoms with Gasteiger partial charge in [0.25, 0.3) is 0 Å². The average Bonchev–Trinajstić information content (AvgIpc) is 2.70. The normalized spacial score (nSPS) is 14.1. The first-order valence-corrected chi connectivity index (χ1v) is 40.0. The van der Waals surface area contributed by atoms with Crippen molar-refractivity contribution in [1.29, 1.82) is 0 Å². The van der Waals surface area contributed by atoms with Crippen LogP contribution in [-0.2, 0) is 65.4 Å². The molecule has 0 amide bonds. The minimum atomic E-state index is -4.95. The molecule has 0 aromatic heterocycles. The maximum Gasteiger partial charge on any atom is 0.472 e. The van der Waals surface area contributed by atoms with E-state index in [-0.39, 0.29) is 25.7 Å². The predicted octanol–water partition coefficient (Wildman–Crippen LogP) is 20.4. The highest BCUT2D eigenvalue weighted by molar-refractivity contribution is 7.47. The molecule has 0 bridgehead atoms. The van der Waals surface area contributed by atoms with E-state index in [9.17, 15) is 43.2 Å². The molecule has 0 rings (SSSR count). The summed E-state index contributed by atoms with van der Waals surface area (Å²) in [6, 6.07) is 0. The number of esters is 4. The molecule has 0 aromatic carbocycles. The van der Waals surface area contributed by atoms with Gasteiger partial charge in [0, 0.05) is 25.7 Å². The fourth-order valence-corrected chi connectivity index (χ4v) is 12.3. The van der Waals surface area contributed by atoms with Gasteiger partial charge in [-0.1, -0.05) is 311 Å². The van der Waals surface area contributed by atoms with Crippen LogP contribution in [0, 0.1) is 11.8 Å². The third kappa shape index (κ3) is 64.8. The summed E-state index contributed by atoms with van der Waals surface area (Å²) in [5.41, 5.74) is 0. The van der Waals surface area contributed by atoms with Gasteiger partial charge in [-0.15, -0.1) is 0 Å². The van der Waals surface area contributed by atoms with Crippen LogP contribution in [0.4, 0.5) is 0 Å². The molecular formula is C71H138O17P2. The van der Waals surface area contributed by atoms with Crippen molar-refractivity contribution in [3.05, 3.63) is 0 Å². The van der Waals surface area contributed by atoms with Gasteiger partial charge in [0.1, 0.15) is 19.3 Å². The van der Waals surface area contributed by atoms with Gasteiger partial charge in [-0.05, 0) is 37.5 Å². The van der Waals surface area contributed by atoms with E-state index in [0.29, 0.717) is 25.7 Å². The van der Waals surface area contributed by atoms with Crippen LogP contribution in [-0.4, -0.2) is 96.7 Å². The van der Waals surface area contributed by atoms with E-state index < -0.39 is 97.5 Å². The van der Waals surface area contributed by atoms with E-state index in [1.165, 1.54) is 173 Å². The molecule has 0 aromatic rings. The van der Waals surface area contributed by atoms with Crippen molar-refractivity contribution < 1.29 is 80.2 Å². The number of phosphoric ester groups is 2. The van der Waals surface area contributed by atoms with Gasteiger partial charge in [-0.3, -0.25) is 37.3 Å². The molecule has 0 aliphatic heterocycles. The smallest absolute Gasteiger partial charge is 0.462 e. The van der Waals surface area contributed by atoms with Crippen LogP contribution in [0.15, 0.2) is 0 Å². The Morgan fingerprint density at radius 3 is 0.756 bits per heavy atom. The lowest BCUT2D eigenvalue weighted by Crippen LogP contribution is -2.30.